The molecule has 1 aliphatic carbocycles. The Bertz CT molecular complexity index is 979. The second-order valence-corrected chi connectivity index (χ2v) is 6.42. The first-order chi connectivity index (χ1) is 12.7. The standard InChI is InChI=1S/C19H15N3O4/c23-18(21-13-2-1-7-20-10-13)19(5-6-19)17-9-15(26-22-17)12-3-4-14-16(8-12)25-11-24-14/h1-4,7-10H,5-6,11H2,(H,21,23). The van der Waals surface area contributed by atoms with E-state index in [2.05, 4.69) is 15.5 Å². The van der Waals surface area contributed by atoms with Crippen molar-refractivity contribution in [1.82, 2.24) is 10.1 Å². The van der Waals surface area contributed by atoms with E-state index in [1.165, 1.54) is 0 Å². The lowest BCUT2D eigenvalue weighted by molar-refractivity contribution is -0.118. The van der Waals surface area contributed by atoms with Crippen LogP contribution in [0.5, 0.6) is 11.5 Å². The van der Waals surface area contributed by atoms with Crippen molar-refractivity contribution in [3.8, 4) is 22.8 Å². The predicted octanol–water partition coefficient (Wildman–Crippen LogP) is 3.14. The smallest absolute Gasteiger partial charge is 0.236 e. The molecule has 0 spiro atoms. The van der Waals surface area contributed by atoms with E-state index in [9.17, 15) is 4.79 Å². The zero-order valence-electron chi connectivity index (χ0n) is 13.8. The van der Waals surface area contributed by atoms with Crippen LogP contribution in [0.4, 0.5) is 5.69 Å². The quantitative estimate of drug-likeness (QED) is 0.779. The average Bonchev–Trinajstić information content (AvgIpc) is 3.12. The molecule has 0 bridgehead atoms. The van der Waals surface area contributed by atoms with Crippen molar-refractivity contribution in [2.75, 3.05) is 12.1 Å². The minimum Gasteiger partial charge on any atom is -0.454 e. The molecule has 3 aromatic rings. The fourth-order valence-corrected chi connectivity index (χ4v) is 3.10. The average molecular weight is 349 g/mol. The van der Waals surface area contributed by atoms with Gasteiger partial charge in [0.1, 0.15) is 0 Å². The molecule has 3 heterocycles. The number of fused-ring (bicyclic) bond motifs is 1. The van der Waals surface area contributed by atoms with Gasteiger partial charge in [-0.05, 0) is 43.2 Å². The molecule has 0 radical (unpaired) electrons. The molecule has 2 aliphatic rings. The number of carbonyl (C=O) groups excluding carboxylic acids is 1. The summed E-state index contributed by atoms with van der Waals surface area (Å²) in [4.78, 5) is 16.8. The zero-order valence-corrected chi connectivity index (χ0v) is 13.8. The number of ether oxygens (including phenoxy) is 2. The van der Waals surface area contributed by atoms with Gasteiger partial charge in [0.2, 0.25) is 12.7 Å². The summed E-state index contributed by atoms with van der Waals surface area (Å²) in [5.74, 6) is 1.90. The molecule has 7 heteroatoms. The van der Waals surface area contributed by atoms with Gasteiger partial charge in [0.25, 0.3) is 0 Å². The molecule has 1 aliphatic heterocycles. The van der Waals surface area contributed by atoms with Gasteiger partial charge >= 0.3 is 0 Å². The second kappa shape index (κ2) is 5.59. The molecule has 0 atom stereocenters. The highest BCUT2D eigenvalue weighted by molar-refractivity contribution is 6.01. The summed E-state index contributed by atoms with van der Waals surface area (Å²) in [6, 6.07) is 11.0. The summed E-state index contributed by atoms with van der Waals surface area (Å²) >= 11 is 0. The van der Waals surface area contributed by atoms with Gasteiger partial charge in [0, 0.05) is 17.8 Å². The zero-order chi connectivity index (χ0) is 17.6. The van der Waals surface area contributed by atoms with Gasteiger partial charge in [-0.25, -0.2) is 0 Å². The maximum Gasteiger partial charge on any atom is 0.236 e. The van der Waals surface area contributed by atoms with Crippen LogP contribution in [0, 0.1) is 0 Å². The first-order valence-corrected chi connectivity index (χ1v) is 8.33. The van der Waals surface area contributed by atoms with Gasteiger partial charge < -0.3 is 19.3 Å². The van der Waals surface area contributed by atoms with Crippen LogP contribution < -0.4 is 14.8 Å². The number of amides is 1. The number of nitrogens with zero attached hydrogens (tertiary/aromatic N) is 2. The van der Waals surface area contributed by atoms with Crippen LogP contribution in [0.15, 0.2) is 53.3 Å². The van der Waals surface area contributed by atoms with E-state index in [0.29, 0.717) is 28.6 Å². The van der Waals surface area contributed by atoms with Gasteiger partial charge in [-0.1, -0.05) is 5.16 Å². The molecule has 2 aromatic heterocycles. The summed E-state index contributed by atoms with van der Waals surface area (Å²) < 4.78 is 16.2. The first-order valence-electron chi connectivity index (χ1n) is 8.33. The Morgan fingerprint density at radius 2 is 2.00 bits per heavy atom. The highest BCUT2D eigenvalue weighted by atomic mass is 16.7. The highest BCUT2D eigenvalue weighted by Gasteiger charge is 2.53. The summed E-state index contributed by atoms with van der Waals surface area (Å²) in [7, 11) is 0. The lowest BCUT2D eigenvalue weighted by Gasteiger charge is -2.11. The number of carbonyl (C=O) groups is 1. The normalized spacial score (nSPS) is 16.3. The number of nitrogens with one attached hydrogen (secondary N) is 1. The number of rotatable bonds is 4. The summed E-state index contributed by atoms with van der Waals surface area (Å²) in [5, 5.41) is 7.07. The molecular formula is C19H15N3O4. The van der Waals surface area contributed by atoms with Gasteiger partial charge in [0.05, 0.1) is 23.0 Å². The Morgan fingerprint density at radius 3 is 2.81 bits per heavy atom. The van der Waals surface area contributed by atoms with Crippen LogP contribution >= 0.6 is 0 Å². The summed E-state index contributed by atoms with van der Waals surface area (Å²) in [6.07, 6.45) is 4.77. The molecule has 1 saturated carbocycles. The van der Waals surface area contributed by atoms with Gasteiger partial charge in [-0.2, -0.15) is 0 Å². The molecule has 7 nitrogen and oxygen atoms in total. The van der Waals surface area contributed by atoms with Crippen LogP contribution in [0.25, 0.3) is 11.3 Å². The van der Waals surface area contributed by atoms with Crippen LogP contribution in [-0.4, -0.2) is 22.8 Å². The van der Waals surface area contributed by atoms with E-state index in [0.717, 1.165) is 18.4 Å². The summed E-state index contributed by atoms with van der Waals surface area (Å²) in [5.41, 5.74) is 1.51. The Morgan fingerprint density at radius 1 is 1.12 bits per heavy atom. The maximum atomic E-state index is 12.7. The molecule has 0 saturated heterocycles. The molecule has 5 rings (SSSR count). The van der Waals surface area contributed by atoms with Crippen molar-refractivity contribution < 1.29 is 18.8 Å². The van der Waals surface area contributed by atoms with Crippen LogP contribution in [0.3, 0.4) is 0 Å². The monoisotopic (exact) mass is 349 g/mol. The topological polar surface area (TPSA) is 86.5 Å². The molecule has 26 heavy (non-hydrogen) atoms. The Kier molecular flexibility index (Phi) is 3.21. The van der Waals surface area contributed by atoms with Crippen molar-refractivity contribution >= 4 is 11.6 Å². The van der Waals surface area contributed by atoms with Crippen LogP contribution in [0.2, 0.25) is 0 Å². The van der Waals surface area contributed by atoms with Crippen molar-refractivity contribution in [2.24, 2.45) is 0 Å². The number of anilines is 1. The minimum absolute atomic E-state index is 0.0870. The minimum atomic E-state index is -0.631. The Labute approximate surface area is 148 Å². The van der Waals surface area contributed by atoms with Crippen molar-refractivity contribution in [2.45, 2.75) is 18.3 Å². The maximum absolute atomic E-state index is 12.7. The molecule has 1 fully saturated rings. The van der Waals surface area contributed by atoms with Crippen molar-refractivity contribution in [1.29, 1.82) is 0 Å². The van der Waals surface area contributed by atoms with Crippen molar-refractivity contribution in [3.63, 3.8) is 0 Å². The Balaban J connectivity index is 1.40. The van der Waals surface area contributed by atoms with E-state index in [4.69, 9.17) is 14.0 Å². The lowest BCUT2D eigenvalue weighted by Crippen LogP contribution is -2.28. The predicted molar refractivity (Wildman–Crippen MR) is 91.8 cm³/mol. The molecule has 1 aromatic carbocycles. The van der Waals surface area contributed by atoms with Crippen LogP contribution in [-0.2, 0) is 10.2 Å². The van der Waals surface area contributed by atoms with Crippen LogP contribution in [0.1, 0.15) is 18.5 Å². The number of pyridine rings is 1. The van der Waals surface area contributed by atoms with Gasteiger partial charge in [-0.3, -0.25) is 9.78 Å². The first kappa shape index (κ1) is 14.9. The molecule has 0 unspecified atom stereocenters. The molecule has 1 amide bonds. The van der Waals surface area contributed by atoms with E-state index in [-0.39, 0.29) is 12.7 Å². The fourth-order valence-electron chi connectivity index (χ4n) is 3.10. The van der Waals surface area contributed by atoms with E-state index < -0.39 is 5.41 Å². The molecular weight excluding hydrogens is 334 g/mol. The number of aromatic nitrogens is 2. The van der Waals surface area contributed by atoms with Gasteiger partial charge in [-0.15, -0.1) is 0 Å². The molecule has 130 valence electrons. The number of benzene rings is 1. The van der Waals surface area contributed by atoms with E-state index in [1.54, 1.807) is 18.5 Å². The largest absolute Gasteiger partial charge is 0.454 e. The second-order valence-electron chi connectivity index (χ2n) is 6.42. The molecule has 1 N–H and O–H groups in total. The number of hydrogen-bond donors (Lipinski definition) is 1. The fraction of sp³-hybridized carbons (Fsp3) is 0.211. The third kappa shape index (κ3) is 2.40. The third-order valence-corrected chi connectivity index (χ3v) is 4.76. The third-order valence-electron chi connectivity index (χ3n) is 4.76. The Hall–Kier alpha value is -3.35. The SMILES string of the molecule is O=C(Nc1cccnc1)C1(c2cc(-c3ccc4c(c3)OCO4)on2)CC1. The highest BCUT2D eigenvalue weighted by Crippen LogP contribution is 2.49. The number of hydrogen-bond acceptors (Lipinski definition) is 6. The van der Waals surface area contributed by atoms with E-state index >= 15 is 0 Å². The van der Waals surface area contributed by atoms with Gasteiger partial charge in [0.15, 0.2) is 17.3 Å². The lowest BCUT2D eigenvalue weighted by atomic mass is 10.00. The summed E-state index contributed by atoms with van der Waals surface area (Å²) in [6.45, 7) is 0.220. The van der Waals surface area contributed by atoms with E-state index in [1.807, 2.05) is 30.3 Å². The van der Waals surface area contributed by atoms with Crippen molar-refractivity contribution in [3.05, 3.63) is 54.5 Å².